The van der Waals surface area contributed by atoms with Crippen LogP contribution < -0.4 is 0 Å². The van der Waals surface area contributed by atoms with Gasteiger partial charge in [-0.1, -0.05) is 36.4 Å². The predicted molar refractivity (Wildman–Crippen MR) is 70.8 cm³/mol. The molecule has 16 heavy (non-hydrogen) atoms. The van der Waals surface area contributed by atoms with Gasteiger partial charge in [-0.25, -0.2) is 0 Å². The molecule has 2 aromatic carbocycles. The van der Waals surface area contributed by atoms with Crippen molar-refractivity contribution in [1.82, 2.24) is 0 Å². The van der Waals surface area contributed by atoms with Gasteiger partial charge in [-0.15, -0.1) is 0 Å². The quantitative estimate of drug-likeness (QED) is 0.646. The molecule has 0 saturated carbocycles. The van der Waals surface area contributed by atoms with Crippen molar-refractivity contribution in [2.75, 3.05) is 0 Å². The van der Waals surface area contributed by atoms with E-state index in [-0.39, 0.29) is 0 Å². The van der Waals surface area contributed by atoms with E-state index in [1.807, 2.05) is 0 Å². The Morgan fingerprint density at radius 2 is 1.25 bits per heavy atom. The molecule has 0 aliphatic heterocycles. The molecule has 2 aromatic rings. The van der Waals surface area contributed by atoms with E-state index in [0.717, 1.165) is 0 Å². The first kappa shape index (κ1) is 10.9. The predicted octanol–water partition coefficient (Wildman–Crippen LogP) is 4.59. The smallest absolute Gasteiger partial charge is 0.0125 e. The van der Waals surface area contributed by atoms with E-state index in [4.69, 9.17) is 0 Å². The highest BCUT2D eigenvalue weighted by Gasteiger charge is 2.05. The van der Waals surface area contributed by atoms with Crippen LogP contribution in [0.3, 0.4) is 0 Å². The van der Waals surface area contributed by atoms with E-state index in [0.29, 0.717) is 0 Å². The summed E-state index contributed by atoms with van der Waals surface area (Å²) in [6.45, 7) is 8.69. The summed E-state index contributed by atoms with van der Waals surface area (Å²) in [5.74, 6) is 0. The van der Waals surface area contributed by atoms with Crippen molar-refractivity contribution in [3.8, 4) is 11.1 Å². The van der Waals surface area contributed by atoms with Crippen molar-refractivity contribution in [3.63, 3.8) is 0 Å². The molecule has 0 aliphatic carbocycles. The topological polar surface area (TPSA) is 0 Å². The minimum absolute atomic E-state index is 1.33. The SMILES string of the molecule is Cc1ccc(-c2c(C)cccc2C)cc1C. The first-order chi connectivity index (χ1) is 7.59. The first-order valence-corrected chi connectivity index (χ1v) is 5.73. The zero-order valence-electron chi connectivity index (χ0n) is 10.5. The molecular formula is C16H18. The molecule has 0 bridgehead atoms. The van der Waals surface area contributed by atoms with Crippen LogP contribution >= 0.6 is 0 Å². The van der Waals surface area contributed by atoms with Crippen LogP contribution in [0.15, 0.2) is 36.4 Å². The highest BCUT2D eigenvalue weighted by atomic mass is 14.1. The number of benzene rings is 2. The third-order valence-corrected chi connectivity index (χ3v) is 3.28. The van der Waals surface area contributed by atoms with E-state index in [1.165, 1.54) is 33.4 Å². The molecule has 0 aliphatic rings. The van der Waals surface area contributed by atoms with E-state index in [1.54, 1.807) is 0 Å². The lowest BCUT2D eigenvalue weighted by atomic mass is 9.94. The summed E-state index contributed by atoms with van der Waals surface area (Å²) < 4.78 is 0. The lowest BCUT2D eigenvalue weighted by Crippen LogP contribution is -1.89. The Morgan fingerprint density at radius 1 is 0.625 bits per heavy atom. The zero-order valence-corrected chi connectivity index (χ0v) is 10.5. The molecule has 0 amide bonds. The number of hydrogen-bond acceptors (Lipinski definition) is 0. The molecule has 0 heterocycles. The Balaban J connectivity index is 2.63. The second kappa shape index (κ2) is 4.13. The number of aryl methyl sites for hydroxylation is 4. The number of hydrogen-bond donors (Lipinski definition) is 0. The van der Waals surface area contributed by atoms with Crippen molar-refractivity contribution < 1.29 is 0 Å². The van der Waals surface area contributed by atoms with Gasteiger partial charge in [-0.2, -0.15) is 0 Å². The third kappa shape index (κ3) is 1.88. The summed E-state index contributed by atoms with van der Waals surface area (Å²) in [6.07, 6.45) is 0. The first-order valence-electron chi connectivity index (χ1n) is 5.73. The molecule has 2 rings (SSSR count). The maximum atomic E-state index is 2.28. The van der Waals surface area contributed by atoms with Gasteiger partial charge >= 0.3 is 0 Å². The van der Waals surface area contributed by atoms with Crippen LogP contribution in [-0.4, -0.2) is 0 Å². The van der Waals surface area contributed by atoms with E-state index in [2.05, 4.69) is 64.1 Å². The van der Waals surface area contributed by atoms with Crippen LogP contribution in [0.2, 0.25) is 0 Å². The number of rotatable bonds is 1. The average molecular weight is 210 g/mol. The second-order valence-electron chi connectivity index (χ2n) is 4.57. The zero-order chi connectivity index (χ0) is 11.7. The van der Waals surface area contributed by atoms with Gasteiger partial charge in [-0.05, 0) is 61.1 Å². The van der Waals surface area contributed by atoms with Gasteiger partial charge in [-0.3, -0.25) is 0 Å². The summed E-state index contributed by atoms with van der Waals surface area (Å²) in [5, 5.41) is 0. The van der Waals surface area contributed by atoms with Crippen LogP contribution in [0.25, 0.3) is 11.1 Å². The van der Waals surface area contributed by atoms with Gasteiger partial charge in [0.1, 0.15) is 0 Å². The van der Waals surface area contributed by atoms with Crippen molar-refractivity contribution in [3.05, 3.63) is 58.7 Å². The summed E-state index contributed by atoms with van der Waals surface area (Å²) in [5.41, 5.74) is 8.13. The van der Waals surface area contributed by atoms with Crippen LogP contribution in [0.4, 0.5) is 0 Å². The van der Waals surface area contributed by atoms with Crippen LogP contribution in [0, 0.1) is 27.7 Å². The second-order valence-corrected chi connectivity index (χ2v) is 4.57. The molecule has 0 saturated heterocycles. The third-order valence-electron chi connectivity index (χ3n) is 3.28. The molecule has 0 spiro atoms. The van der Waals surface area contributed by atoms with Crippen molar-refractivity contribution in [2.45, 2.75) is 27.7 Å². The summed E-state index contributed by atoms with van der Waals surface area (Å²) in [6, 6.07) is 13.2. The minimum Gasteiger partial charge on any atom is -0.0617 e. The fourth-order valence-corrected chi connectivity index (χ4v) is 2.17. The molecule has 0 N–H and O–H groups in total. The average Bonchev–Trinajstić information content (AvgIpc) is 2.23. The van der Waals surface area contributed by atoms with E-state index < -0.39 is 0 Å². The molecule has 0 heteroatoms. The maximum Gasteiger partial charge on any atom is -0.0125 e. The summed E-state index contributed by atoms with van der Waals surface area (Å²) in [4.78, 5) is 0. The molecular weight excluding hydrogens is 192 g/mol. The Bertz CT molecular complexity index is 501. The lowest BCUT2D eigenvalue weighted by molar-refractivity contribution is 1.32. The summed E-state index contributed by atoms with van der Waals surface area (Å²) in [7, 11) is 0. The van der Waals surface area contributed by atoms with Crippen molar-refractivity contribution in [2.24, 2.45) is 0 Å². The van der Waals surface area contributed by atoms with Gasteiger partial charge in [0, 0.05) is 0 Å². The Morgan fingerprint density at radius 3 is 1.81 bits per heavy atom. The Kier molecular flexibility index (Phi) is 2.82. The van der Waals surface area contributed by atoms with Crippen LogP contribution in [0.5, 0.6) is 0 Å². The largest absolute Gasteiger partial charge is 0.0617 e. The van der Waals surface area contributed by atoms with E-state index in [9.17, 15) is 0 Å². The monoisotopic (exact) mass is 210 g/mol. The van der Waals surface area contributed by atoms with Crippen LogP contribution in [-0.2, 0) is 0 Å². The fourth-order valence-electron chi connectivity index (χ4n) is 2.17. The summed E-state index contributed by atoms with van der Waals surface area (Å²) >= 11 is 0. The molecule has 0 aromatic heterocycles. The van der Waals surface area contributed by atoms with Crippen LogP contribution in [0.1, 0.15) is 22.3 Å². The Hall–Kier alpha value is -1.56. The van der Waals surface area contributed by atoms with Crippen molar-refractivity contribution >= 4 is 0 Å². The van der Waals surface area contributed by atoms with Crippen molar-refractivity contribution in [1.29, 1.82) is 0 Å². The van der Waals surface area contributed by atoms with Gasteiger partial charge in [0.15, 0.2) is 0 Å². The molecule has 0 unspecified atom stereocenters. The van der Waals surface area contributed by atoms with Gasteiger partial charge < -0.3 is 0 Å². The highest BCUT2D eigenvalue weighted by Crippen LogP contribution is 2.28. The molecule has 0 atom stereocenters. The lowest BCUT2D eigenvalue weighted by Gasteiger charge is -2.11. The standard InChI is InChI=1S/C16H18/c1-11-8-9-15(10-14(11)4)16-12(2)6-5-7-13(16)3/h5-10H,1-4H3. The minimum atomic E-state index is 1.33. The fraction of sp³-hybridized carbons (Fsp3) is 0.250. The molecule has 0 nitrogen and oxygen atoms in total. The van der Waals surface area contributed by atoms with Gasteiger partial charge in [0.05, 0.1) is 0 Å². The normalized spacial score (nSPS) is 10.5. The molecule has 0 radical (unpaired) electrons. The van der Waals surface area contributed by atoms with Gasteiger partial charge in [0.25, 0.3) is 0 Å². The Labute approximate surface area is 97.9 Å². The van der Waals surface area contributed by atoms with Gasteiger partial charge in [0.2, 0.25) is 0 Å². The van der Waals surface area contributed by atoms with E-state index >= 15 is 0 Å². The maximum absolute atomic E-state index is 2.28. The highest BCUT2D eigenvalue weighted by molar-refractivity contribution is 5.71. The molecule has 0 fully saturated rings. The molecule has 82 valence electrons.